The van der Waals surface area contributed by atoms with Crippen molar-refractivity contribution in [2.45, 2.75) is 13.2 Å². The summed E-state index contributed by atoms with van der Waals surface area (Å²) < 4.78 is 9.93. The van der Waals surface area contributed by atoms with Crippen LogP contribution < -0.4 is 5.32 Å². The lowest BCUT2D eigenvalue weighted by Gasteiger charge is -2.05. The predicted molar refractivity (Wildman–Crippen MR) is 62.2 cm³/mol. The van der Waals surface area contributed by atoms with E-state index in [4.69, 9.17) is 9.15 Å². The molecule has 1 N–H and O–H groups in total. The van der Waals surface area contributed by atoms with Gasteiger partial charge in [-0.15, -0.1) is 0 Å². The van der Waals surface area contributed by atoms with Crippen molar-refractivity contribution in [3.05, 3.63) is 60.1 Å². The van der Waals surface area contributed by atoms with Crippen LogP contribution in [0.25, 0.3) is 0 Å². The van der Waals surface area contributed by atoms with E-state index < -0.39 is 6.09 Å². The molecule has 0 spiro atoms. The van der Waals surface area contributed by atoms with E-state index in [0.29, 0.717) is 6.54 Å². The van der Waals surface area contributed by atoms with Crippen molar-refractivity contribution in [2.24, 2.45) is 0 Å². The molecule has 1 amide bonds. The van der Waals surface area contributed by atoms with Crippen LogP contribution in [0.4, 0.5) is 4.79 Å². The number of rotatable bonds is 4. The fourth-order valence-electron chi connectivity index (χ4n) is 1.34. The van der Waals surface area contributed by atoms with Crippen LogP contribution in [0.15, 0.2) is 53.3 Å². The molecule has 0 aliphatic rings. The number of amides is 1. The van der Waals surface area contributed by atoms with E-state index in [1.807, 2.05) is 30.3 Å². The summed E-state index contributed by atoms with van der Waals surface area (Å²) in [5.74, 6) is 0. The Labute approximate surface area is 99.2 Å². The van der Waals surface area contributed by atoms with Crippen LogP contribution >= 0.6 is 0 Å². The molecule has 0 saturated carbocycles. The molecule has 0 saturated heterocycles. The van der Waals surface area contributed by atoms with Gasteiger partial charge in [-0.2, -0.15) is 0 Å². The molecule has 0 aliphatic carbocycles. The number of carbonyl (C=O) groups excluding carboxylic acids is 1. The second kappa shape index (κ2) is 5.75. The molecular formula is C13H13NO3. The summed E-state index contributed by atoms with van der Waals surface area (Å²) in [6, 6.07) is 11.3. The van der Waals surface area contributed by atoms with Crippen LogP contribution in [-0.4, -0.2) is 6.09 Å². The first-order chi connectivity index (χ1) is 8.34. The zero-order valence-electron chi connectivity index (χ0n) is 9.26. The van der Waals surface area contributed by atoms with Crippen molar-refractivity contribution in [3.63, 3.8) is 0 Å². The molecule has 1 aromatic carbocycles. The first-order valence-corrected chi connectivity index (χ1v) is 5.30. The van der Waals surface area contributed by atoms with Crippen molar-refractivity contribution >= 4 is 6.09 Å². The number of hydrogen-bond acceptors (Lipinski definition) is 3. The second-order valence-corrected chi connectivity index (χ2v) is 3.55. The number of carbonyl (C=O) groups is 1. The molecule has 0 radical (unpaired) electrons. The highest BCUT2D eigenvalue weighted by Gasteiger charge is 2.02. The van der Waals surface area contributed by atoms with E-state index >= 15 is 0 Å². The quantitative estimate of drug-likeness (QED) is 0.880. The summed E-state index contributed by atoms with van der Waals surface area (Å²) in [4.78, 5) is 11.3. The highest BCUT2D eigenvalue weighted by atomic mass is 16.5. The van der Waals surface area contributed by atoms with Crippen LogP contribution in [0.5, 0.6) is 0 Å². The van der Waals surface area contributed by atoms with E-state index in [2.05, 4.69) is 5.32 Å². The van der Waals surface area contributed by atoms with Gasteiger partial charge >= 0.3 is 6.09 Å². The van der Waals surface area contributed by atoms with Gasteiger partial charge in [0.25, 0.3) is 0 Å². The van der Waals surface area contributed by atoms with Gasteiger partial charge in [0.05, 0.1) is 12.5 Å². The minimum absolute atomic E-state index is 0.276. The number of ether oxygens (including phenoxy) is 1. The average molecular weight is 231 g/mol. The maximum absolute atomic E-state index is 11.3. The van der Waals surface area contributed by atoms with Crippen LogP contribution in [0.1, 0.15) is 11.1 Å². The lowest BCUT2D eigenvalue weighted by Crippen LogP contribution is -2.23. The van der Waals surface area contributed by atoms with E-state index in [1.165, 1.54) is 0 Å². The summed E-state index contributed by atoms with van der Waals surface area (Å²) in [7, 11) is 0. The molecule has 17 heavy (non-hydrogen) atoms. The smallest absolute Gasteiger partial charge is 0.407 e. The third-order valence-corrected chi connectivity index (χ3v) is 2.23. The van der Waals surface area contributed by atoms with Crippen molar-refractivity contribution in [1.29, 1.82) is 0 Å². The lowest BCUT2D eigenvalue weighted by molar-refractivity contribution is 0.139. The number of benzene rings is 1. The number of nitrogens with one attached hydrogen (secondary N) is 1. The summed E-state index contributed by atoms with van der Waals surface area (Å²) in [6.45, 7) is 0.683. The molecule has 4 nitrogen and oxygen atoms in total. The predicted octanol–water partition coefficient (Wildman–Crippen LogP) is 2.71. The summed E-state index contributed by atoms with van der Waals surface area (Å²) in [6.07, 6.45) is 2.71. The van der Waals surface area contributed by atoms with Gasteiger partial charge in [0.1, 0.15) is 6.61 Å². The highest BCUT2D eigenvalue weighted by molar-refractivity contribution is 5.67. The molecule has 0 aliphatic heterocycles. The zero-order valence-corrected chi connectivity index (χ0v) is 9.26. The molecule has 88 valence electrons. The average Bonchev–Trinajstić information content (AvgIpc) is 2.88. The summed E-state index contributed by atoms with van der Waals surface area (Å²) in [5.41, 5.74) is 1.87. The van der Waals surface area contributed by atoms with Crippen LogP contribution in [0, 0.1) is 0 Å². The van der Waals surface area contributed by atoms with Crippen LogP contribution in [-0.2, 0) is 17.9 Å². The van der Waals surface area contributed by atoms with Crippen molar-refractivity contribution < 1.29 is 13.9 Å². The maximum Gasteiger partial charge on any atom is 0.407 e. The topological polar surface area (TPSA) is 51.5 Å². The van der Waals surface area contributed by atoms with Gasteiger partial charge in [-0.3, -0.25) is 0 Å². The first kappa shape index (κ1) is 11.3. The first-order valence-electron chi connectivity index (χ1n) is 5.30. The Kier molecular flexibility index (Phi) is 3.81. The minimum atomic E-state index is -0.435. The summed E-state index contributed by atoms with van der Waals surface area (Å²) in [5, 5.41) is 2.63. The normalized spacial score (nSPS) is 9.88. The SMILES string of the molecule is O=C(NCc1ccoc1)OCc1ccccc1. The summed E-state index contributed by atoms with van der Waals surface area (Å²) >= 11 is 0. The van der Waals surface area contributed by atoms with E-state index in [-0.39, 0.29) is 6.61 Å². The molecule has 0 atom stereocenters. The molecule has 0 bridgehead atoms. The van der Waals surface area contributed by atoms with Gasteiger partial charge < -0.3 is 14.5 Å². The largest absolute Gasteiger partial charge is 0.472 e. The third kappa shape index (κ3) is 3.68. The Morgan fingerprint density at radius 1 is 1.18 bits per heavy atom. The fraction of sp³-hybridized carbons (Fsp3) is 0.154. The molecule has 2 rings (SSSR count). The third-order valence-electron chi connectivity index (χ3n) is 2.23. The Balaban J connectivity index is 1.71. The van der Waals surface area contributed by atoms with E-state index in [9.17, 15) is 4.79 Å². The maximum atomic E-state index is 11.3. The standard InChI is InChI=1S/C13H13NO3/c15-13(14-8-12-6-7-16-9-12)17-10-11-4-2-1-3-5-11/h1-7,9H,8,10H2,(H,14,15). The highest BCUT2D eigenvalue weighted by Crippen LogP contribution is 2.02. The van der Waals surface area contributed by atoms with Gasteiger partial charge in [0, 0.05) is 12.1 Å². The number of furan rings is 1. The number of alkyl carbamates (subject to hydrolysis) is 1. The van der Waals surface area contributed by atoms with Gasteiger partial charge in [0.15, 0.2) is 0 Å². The molecule has 1 aromatic heterocycles. The molecule has 1 heterocycles. The number of hydrogen-bond donors (Lipinski definition) is 1. The van der Waals surface area contributed by atoms with Crippen molar-refractivity contribution in [3.8, 4) is 0 Å². The van der Waals surface area contributed by atoms with Gasteiger partial charge in [-0.05, 0) is 11.6 Å². The monoisotopic (exact) mass is 231 g/mol. The Bertz CT molecular complexity index is 451. The molecule has 0 fully saturated rings. The molecule has 2 aromatic rings. The Hall–Kier alpha value is -2.23. The second-order valence-electron chi connectivity index (χ2n) is 3.55. The van der Waals surface area contributed by atoms with E-state index in [0.717, 1.165) is 11.1 Å². The van der Waals surface area contributed by atoms with Crippen molar-refractivity contribution in [2.75, 3.05) is 0 Å². The van der Waals surface area contributed by atoms with Gasteiger partial charge in [0.2, 0.25) is 0 Å². The fourth-order valence-corrected chi connectivity index (χ4v) is 1.34. The Morgan fingerprint density at radius 3 is 2.71 bits per heavy atom. The minimum Gasteiger partial charge on any atom is -0.472 e. The van der Waals surface area contributed by atoms with Gasteiger partial charge in [-0.1, -0.05) is 30.3 Å². The van der Waals surface area contributed by atoms with Crippen LogP contribution in [0.2, 0.25) is 0 Å². The molecule has 4 heteroatoms. The molecular weight excluding hydrogens is 218 g/mol. The van der Waals surface area contributed by atoms with Crippen LogP contribution in [0.3, 0.4) is 0 Å². The Morgan fingerprint density at radius 2 is 2.00 bits per heavy atom. The van der Waals surface area contributed by atoms with E-state index in [1.54, 1.807) is 18.6 Å². The molecule has 0 unspecified atom stereocenters. The zero-order chi connectivity index (χ0) is 11.9. The van der Waals surface area contributed by atoms with Gasteiger partial charge in [-0.25, -0.2) is 4.79 Å². The van der Waals surface area contributed by atoms with Crippen molar-refractivity contribution in [1.82, 2.24) is 5.32 Å². The lowest BCUT2D eigenvalue weighted by atomic mass is 10.2.